The van der Waals surface area contributed by atoms with E-state index < -0.39 is 6.10 Å². The topological polar surface area (TPSA) is 42.6 Å². The molecule has 3 rings (SSSR count). The standard InChI is InChI=1S/C15H21BrO3/c16-13-5-4-12(19-13)14(17)11-6-9-18-15(10-11)7-2-1-3-8-15/h4-5,11,14,17H,1-3,6-10H2. The summed E-state index contributed by atoms with van der Waals surface area (Å²) in [4.78, 5) is 0. The number of hydrogen-bond donors (Lipinski definition) is 1. The van der Waals surface area contributed by atoms with E-state index in [1.54, 1.807) is 0 Å². The van der Waals surface area contributed by atoms with Crippen LogP contribution in [0.25, 0.3) is 0 Å². The Hall–Kier alpha value is -0.320. The highest BCUT2D eigenvalue weighted by Crippen LogP contribution is 2.44. The number of hydrogen-bond acceptors (Lipinski definition) is 3. The monoisotopic (exact) mass is 328 g/mol. The Morgan fingerprint density at radius 3 is 2.74 bits per heavy atom. The van der Waals surface area contributed by atoms with Gasteiger partial charge in [-0.25, -0.2) is 0 Å². The summed E-state index contributed by atoms with van der Waals surface area (Å²) in [5.41, 5.74) is 0.0337. The maximum Gasteiger partial charge on any atom is 0.169 e. The minimum atomic E-state index is -0.506. The van der Waals surface area contributed by atoms with Gasteiger partial charge in [0.2, 0.25) is 0 Å². The number of aliphatic hydroxyl groups excluding tert-OH is 1. The lowest BCUT2D eigenvalue weighted by atomic mass is 9.74. The summed E-state index contributed by atoms with van der Waals surface area (Å²) in [7, 11) is 0. The van der Waals surface area contributed by atoms with Crippen LogP contribution in [0.2, 0.25) is 0 Å². The zero-order valence-electron chi connectivity index (χ0n) is 11.1. The van der Waals surface area contributed by atoms with Crippen LogP contribution in [-0.4, -0.2) is 17.3 Å². The molecule has 3 nitrogen and oxygen atoms in total. The van der Waals surface area contributed by atoms with Crippen molar-refractivity contribution < 1.29 is 14.3 Å². The Morgan fingerprint density at radius 1 is 1.26 bits per heavy atom. The van der Waals surface area contributed by atoms with Crippen molar-refractivity contribution in [3.05, 3.63) is 22.6 Å². The molecular formula is C15H21BrO3. The minimum absolute atomic E-state index is 0.0337. The first kappa shape index (κ1) is 13.7. The van der Waals surface area contributed by atoms with Gasteiger partial charge in [0, 0.05) is 6.61 Å². The minimum Gasteiger partial charge on any atom is -0.452 e. The molecule has 1 aliphatic carbocycles. The molecule has 4 heteroatoms. The Kier molecular flexibility index (Phi) is 4.01. The smallest absolute Gasteiger partial charge is 0.169 e. The van der Waals surface area contributed by atoms with Crippen LogP contribution < -0.4 is 0 Å². The van der Waals surface area contributed by atoms with Crippen LogP contribution in [0.3, 0.4) is 0 Å². The third kappa shape index (κ3) is 2.91. The molecule has 1 spiro atoms. The van der Waals surface area contributed by atoms with E-state index in [0.717, 1.165) is 32.3 Å². The summed E-state index contributed by atoms with van der Waals surface area (Å²) < 4.78 is 12.3. The van der Waals surface area contributed by atoms with Gasteiger partial charge in [-0.1, -0.05) is 19.3 Å². The molecule has 1 aromatic rings. The van der Waals surface area contributed by atoms with Crippen LogP contribution in [-0.2, 0) is 4.74 Å². The van der Waals surface area contributed by atoms with E-state index >= 15 is 0 Å². The molecular weight excluding hydrogens is 308 g/mol. The molecule has 1 aromatic heterocycles. The summed E-state index contributed by atoms with van der Waals surface area (Å²) in [6.07, 6.45) is 7.52. The fourth-order valence-electron chi connectivity index (χ4n) is 3.60. The Labute approximate surface area is 122 Å². The second kappa shape index (κ2) is 5.58. The van der Waals surface area contributed by atoms with Crippen molar-refractivity contribution in [2.24, 2.45) is 5.92 Å². The lowest BCUT2D eigenvalue weighted by Crippen LogP contribution is -2.42. The average Bonchev–Trinajstić information content (AvgIpc) is 2.85. The summed E-state index contributed by atoms with van der Waals surface area (Å²) in [5, 5.41) is 10.5. The summed E-state index contributed by atoms with van der Waals surface area (Å²) in [6, 6.07) is 3.70. The predicted molar refractivity (Wildman–Crippen MR) is 75.9 cm³/mol. The van der Waals surface area contributed by atoms with Crippen molar-refractivity contribution in [1.82, 2.24) is 0 Å². The van der Waals surface area contributed by atoms with Crippen LogP contribution in [0.5, 0.6) is 0 Å². The molecule has 1 aliphatic heterocycles. The summed E-state index contributed by atoms with van der Waals surface area (Å²) in [5.74, 6) is 0.926. The Balaban J connectivity index is 1.70. The average molecular weight is 329 g/mol. The molecule has 2 aliphatic rings. The van der Waals surface area contributed by atoms with Gasteiger partial charge in [0.05, 0.1) is 5.60 Å². The van der Waals surface area contributed by atoms with Gasteiger partial charge in [0.1, 0.15) is 11.9 Å². The fraction of sp³-hybridized carbons (Fsp3) is 0.733. The van der Waals surface area contributed by atoms with E-state index in [4.69, 9.17) is 9.15 Å². The lowest BCUT2D eigenvalue weighted by Gasteiger charge is -2.44. The van der Waals surface area contributed by atoms with Gasteiger partial charge >= 0.3 is 0 Å². The number of halogens is 1. The van der Waals surface area contributed by atoms with Crippen molar-refractivity contribution in [3.8, 4) is 0 Å². The zero-order chi connectivity index (χ0) is 13.3. The molecule has 0 radical (unpaired) electrons. The van der Waals surface area contributed by atoms with Crippen molar-refractivity contribution in [3.63, 3.8) is 0 Å². The first-order valence-electron chi connectivity index (χ1n) is 7.26. The molecule has 1 saturated heterocycles. The number of ether oxygens (including phenoxy) is 1. The van der Waals surface area contributed by atoms with Gasteiger partial charge in [0.15, 0.2) is 4.67 Å². The first-order valence-corrected chi connectivity index (χ1v) is 8.05. The van der Waals surface area contributed by atoms with Gasteiger partial charge in [-0.15, -0.1) is 0 Å². The third-order valence-electron chi connectivity index (χ3n) is 4.63. The molecule has 2 fully saturated rings. The second-order valence-corrected chi connectivity index (χ2v) is 6.71. The van der Waals surface area contributed by atoms with Crippen molar-refractivity contribution >= 4 is 15.9 Å². The molecule has 2 unspecified atom stereocenters. The molecule has 0 bridgehead atoms. The maximum atomic E-state index is 10.5. The van der Waals surface area contributed by atoms with Gasteiger partial charge in [-0.2, -0.15) is 0 Å². The fourth-order valence-corrected chi connectivity index (χ4v) is 3.92. The maximum absolute atomic E-state index is 10.5. The van der Waals surface area contributed by atoms with Gasteiger partial charge in [-0.3, -0.25) is 0 Å². The first-order chi connectivity index (χ1) is 9.19. The van der Waals surface area contributed by atoms with Crippen LogP contribution in [0.1, 0.15) is 56.8 Å². The zero-order valence-corrected chi connectivity index (χ0v) is 12.7. The third-order valence-corrected chi connectivity index (χ3v) is 5.05. The molecule has 1 saturated carbocycles. The molecule has 1 N–H and O–H groups in total. The predicted octanol–water partition coefficient (Wildman–Crippen LogP) is 4.21. The normalized spacial score (nSPS) is 28.4. The van der Waals surface area contributed by atoms with E-state index in [2.05, 4.69) is 15.9 Å². The van der Waals surface area contributed by atoms with E-state index in [0.29, 0.717) is 10.4 Å². The lowest BCUT2D eigenvalue weighted by molar-refractivity contribution is -0.135. The quantitative estimate of drug-likeness (QED) is 0.884. The van der Waals surface area contributed by atoms with Gasteiger partial charge < -0.3 is 14.3 Å². The highest BCUT2D eigenvalue weighted by atomic mass is 79.9. The molecule has 2 atom stereocenters. The van der Waals surface area contributed by atoms with Crippen molar-refractivity contribution in [1.29, 1.82) is 0 Å². The molecule has 2 heterocycles. The number of furan rings is 1. The van der Waals surface area contributed by atoms with Crippen LogP contribution >= 0.6 is 15.9 Å². The number of rotatable bonds is 2. The largest absolute Gasteiger partial charge is 0.452 e. The Morgan fingerprint density at radius 2 is 2.05 bits per heavy atom. The highest BCUT2D eigenvalue weighted by Gasteiger charge is 2.41. The van der Waals surface area contributed by atoms with E-state index in [9.17, 15) is 5.11 Å². The van der Waals surface area contributed by atoms with E-state index in [-0.39, 0.29) is 11.5 Å². The van der Waals surface area contributed by atoms with E-state index in [1.165, 1.54) is 19.3 Å². The molecule has 106 valence electrons. The van der Waals surface area contributed by atoms with Crippen LogP contribution in [0.4, 0.5) is 0 Å². The SMILES string of the molecule is OC(c1ccc(Br)o1)C1CCOC2(CCCCC2)C1. The van der Waals surface area contributed by atoms with Crippen LogP contribution in [0.15, 0.2) is 21.2 Å². The summed E-state index contributed by atoms with van der Waals surface area (Å²) in [6.45, 7) is 0.767. The molecule has 19 heavy (non-hydrogen) atoms. The number of aliphatic hydroxyl groups is 1. The van der Waals surface area contributed by atoms with Crippen LogP contribution in [0, 0.1) is 5.92 Å². The van der Waals surface area contributed by atoms with Crippen molar-refractivity contribution in [2.45, 2.75) is 56.7 Å². The van der Waals surface area contributed by atoms with Gasteiger partial charge in [-0.05, 0) is 59.7 Å². The second-order valence-electron chi connectivity index (χ2n) is 5.93. The summed E-state index contributed by atoms with van der Waals surface area (Å²) >= 11 is 3.29. The molecule has 0 amide bonds. The van der Waals surface area contributed by atoms with Gasteiger partial charge in [0.25, 0.3) is 0 Å². The molecule has 0 aromatic carbocycles. The van der Waals surface area contributed by atoms with E-state index in [1.807, 2.05) is 12.1 Å². The Bertz CT molecular complexity index is 417. The highest BCUT2D eigenvalue weighted by molar-refractivity contribution is 9.10. The van der Waals surface area contributed by atoms with Crippen molar-refractivity contribution in [2.75, 3.05) is 6.61 Å².